The second kappa shape index (κ2) is 8.89. The van der Waals surface area contributed by atoms with E-state index < -0.39 is 6.16 Å². The van der Waals surface area contributed by atoms with Crippen molar-refractivity contribution in [1.82, 2.24) is 9.97 Å². The number of benzene rings is 1. The Morgan fingerprint density at radius 1 is 1.14 bits per heavy atom. The number of hydrogen-bond donors (Lipinski definition) is 2. The summed E-state index contributed by atoms with van der Waals surface area (Å²) in [6.45, 7) is 3.98. The molecule has 0 amide bonds. The highest BCUT2D eigenvalue weighted by Gasteiger charge is 2.02. The van der Waals surface area contributed by atoms with Gasteiger partial charge in [-0.1, -0.05) is 23.9 Å². The van der Waals surface area contributed by atoms with Gasteiger partial charge in [-0.3, -0.25) is 0 Å². The molecule has 1 aromatic carbocycles. The van der Waals surface area contributed by atoms with E-state index in [0.29, 0.717) is 0 Å². The zero-order valence-corrected chi connectivity index (χ0v) is 13.4. The van der Waals surface area contributed by atoms with E-state index >= 15 is 0 Å². The first-order valence-electron chi connectivity index (χ1n) is 6.40. The minimum Gasteiger partial charge on any atom is -0.497 e. The van der Waals surface area contributed by atoms with Crippen LogP contribution < -0.4 is 4.74 Å². The molecule has 7 heteroatoms. The van der Waals surface area contributed by atoms with Gasteiger partial charge in [0.15, 0.2) is 5.16 Å². The third-order valence-electron chi connectivity index (χ3n) is 2.49. The van der Waals surface area contributed by atoms with Crippen molar-refractivity contribution in [2.24, 2.45) is 0 Å². The van der Waals surface area contributed by atoms with Gasteiger partial charge >= 0.3 is 6.16 Å². The fraction of sp³-hybridized carbons (Fsp3) is 0.267. The van der Waals surface area contributed by atoms with Gasteiger partial charge in [0.1, 0.15) is 5.75 Å². The fourth-order valence-corrected chi connectivity index (χ4v) is 2.53. The summed E-state index contributed by atoms with van der Waals surface area (Å²) in [7, 11) is 1.67. The Balaban J connectivity index is 0.000000541. The van der Waals surface area contributed by atoms with Crippen LogP contribution in [0.3, 0.4) is 0 Å². The van der Waals surface area contributed by atoms with Crippen LogP contribution in [0.1, 0.15) is 17.0 Å². The molecule has 0 radical (unpaired) electrons. The molecule has 0 saturated carbocycles. The van der Waals surface area contributed by atoms with Crippen LogP contribution in [-0.4, -0.2) is 33.4 Å². The monoisotopic (exact) mass is 322 g/mol. The second-order valence-corrected chi connectivity index (χ2v) is 5.30. The van der Waals surface area contributed by atoms with Crippen LogP contribution in [0.2, 0.25) is 0 Å². The molecule has 0 saturated heterocycles. The first-order valence-corrected chi connectivity index (χ1v) is 7.39. The summed E-state index contributed by atoms with van der Waals surface area (Å²) in [5, 5.41) is 14.8. The highest BCUT2D eigenvalue weighted by molar-refractivity contribution is 7.98. The zero-order valence-electron chi connectivity index (χ0n) is 12.6. The number of nitrogens with zero attached hydrogens (tertiary/aromatic N) is 2. The summed E-state index contributed by atoms with van der Waals surface area (Å²) in [5.41, 5.74) is 3.27. The second-order valence-electron chi connectivity index (χ2n) is 4.35. The van der Waals surface area contributed by atoms with Gasteiger partial charge in [0.05, 0.1) is 7.11 Å². The molecule has 1 aromatic heterocycles. The zero-order chi connectivity index (χ0) is 16.5. The van der Waals surface area contributed by atoms with Crippen molar-refractivity contribution in [3.05, 3.63) is 47.3 Å². The number of aromatic nitrogens is 2. The largest absolute Gasteiger partial charge is 0.503 e. The van der Waals surface area contributed by atoms with Gasteiger partial charge in [-0.25, -0.2) is 14.8 Å². The van der Waals surface area contributed by atoms with Crippen LogP contribution >= 0.6 is 11.8 Å². The Morgan fingerprint density at radius 2 is 1.64 bits per heavy atom. The molecule has 0 aliphatic rings. The Morgan fingerprint density at radius 3 is 2.09 bits per heavy atom. The summed E-state index contributed by atoms with van der Waals surface area (Å²) in [5.74, 6) is 1.75. The van der Waals surface area contributed by atoms with Crippen LogP contribution in [0.15, 0.2) is 35.5 Å². The molecule has 0 unspecified atom stereocenters. The predicted molar refractivity (Wildman–Crippen MR) is 84.7 cm³/mol. The minimum absolute atomic E-state index is 0.836. The van der Waals surface area contributed by atoms with Crippen LogP contribution in [0, 0.1) is 13.8 Å². The molecular weight excluding hydrogens is 304 g/mol. The summed E-state index contributed by atoms with van der Waals surface area (Å²) in [4.78, 5) is 17.4. The van der Waals surface area contributed by atoms with E-state index in [1.165, 1.54) is 5.56 Å². The summed E-state index contributed by atoms with van der Waals surface area (Å²) in [6.07, 6.45) is -1.83. The predicted octanol–water partition coefficient (Wildman–Crippen LogP) is 3.62. The number of thioether (sulfide) groups is 1. The van der Waals surface area contributed by atoms with E-state index in [9.17, 15) is 0 Å². The number of methoxy groups -OCH3 is 1. The molecule has 6 nitrogen and oxygen atoms in total. The van der Waals surface area contributed by atoms with Gasteiger partial charge in [-0.2, -0.15) is 0 Å². The molecule has 22 heavy (non-hydrogen) atoms. The van der Waals surface area contributed by atoms with Crippen LogP contribution in [0.25, 0.3) is 0 Å². The summed E-state index contributed by atoms with van der Waals surface area (Å²) in [6, 6.07) is 10.1. The smallest absolute Gasteiger partial charge is 0.497 e. The van der Waals surface area contributed by atoms with Crippen LogP contribution in [0.4, 0.5) is 4.79 Å². The van der Waals surface area contributed by atoms with E-state index in [2.05, 4.69) is 22.1 Å². The average Bonchev–Trinajstić information content (AvgIpc) is 2.44. The minimum atomic E-state index is -1.83. The molecule has 0 atom stereocenters. The van der Waals surface area contributed by atoms with Crippen molar-refractivity contribution >= 4 is 17.9 Å². The number of carboxylic acid groups (broad SMARTS) is 2. The molecule has 2 rings (SSSR count). The molecule has 1 heterocycles. The topological polar surface area (TPSA) is 92.5 Å². The van der Waals surface area contributed by atoms with Crippen molar-refractivity contribution in [3.8, 4) is 5.75 Å². The molecule has 0 aliphatic carbocycles. The summed E-state index contributed by atoms with van der Waals surface area (Å²) >= 11 is 1.65. The lowest BCUT2D eigenvalue weighted by Gasteiger charge is -2.04. The Hall–Kier alpha value is -2.28. The Labute approximate surface area is 133 Å². The number of hydrogen-bond acceptors (Lipinski definition) is 5. The average molecular weight is 322 g/mol. The van der Waals surface area contributed by atoms with Gasteiger partial charge in [0, 0.05) is 17.1 Å². The Bertz CT molecular complexity index is 593. The normalized spacial score (nSPS) is 9.59. The third-order valence-corrected chi connectivity index (χ3v) is 3.41. The fourth-order valence-electron chi connectivity index (χ4n) is 1.63. The maximum Gasteiger partial charge on any atom is 0.503 e. The Kier molecular flexibility index (Phi) is 7.18. The van der Waals surface area contributed by atoms with Crippen molar-refractivity contribution in [2.45, 2.75) is 24.8 Å². The van der Waals surface area contributed by atoms with Gasteiger partial charge in [0.2, 0.25) is 0 Å². The standard InChI is InChI=1S/C14H16N2OS.CH2O3/c1-10-8-11(2)16-14(15-10)18-9-12-4-6-13(17-3)7-5-12;2-1(3)4/h4-8H,9H2,1-3H3;(H2,2,3,4). The first-order chi connectivity index (χ1) is 10.4. The maximum absolute atomic E-state index is 8.56. The molecular formula is C15H18N2O4S. The molecule has 118 valence electrons. The van der Waals surface area contributed by atoms with E-state index in [0.717, 1.165) is 28.0 Å². The van der Waals surface area contributed by atoms with Crippen LogP contribution in [0.5, 0.6) is 5.75 Å². The maximum atomic E-state index is 8.56. The molecule has 0 aliphatic heterocycles. The SMILES string of the molecule is COc1ccc(CSc2nc(C)cc(C)n2)cc1.O=C(O)O. The lowest BCUT2D eigenvalue weighted by Crippen LogP contribution is -1.93. The van der Waals surface area contributed by atoms with Crippen molar-refractivity contribution < 1.29 is 19.7 Å². The van der Waals surface area contributed by atoms with Crippen LogP contribution in [-0.2, 0) is 5.75 Å². The van der Waals surface area contributed by atoms with Crippen molar-refractivity contribution in [1.29, 1.82) is 0 Å². The molecule has 0 bridgehead atoms. The first kappa shape index (κ1) is 17.8. The summed E-state index contributed by atoms with van der Waals surface area (Å²) < 4.78 is 5.13. The van der Waals surface area contributed by atoms with Gasteiger partial charge < -0.3 is 14.9 Å². The number of rotatable bonds is 4. The van der Waals surface area contributed by atoms with E-state index in [4.69, 9.17) is 19.7 Å². The molecule has 0 spiro atoms. The third kappa shape index (κ3) is 6.94. The van der Waals surface area contributed by atoms with Crippen molar-refractivity contribution in [2.75, 3.05) is 7.11 Å². The van der Waals surface area contributed by atoms with Gasteiger partial charge in [0.25, 0.3) is 0 Å². The van der Waals surface area contributed by atoms with E-state index in [-0.39, 0.29) is 0 Å². The lowest BCUT2D eigenvalue weighted by molar-refractivity contribution is 0.137. The van der Waals surface area contributed by atoms with Crippen molar-refractivity contribution in [3.63, 3.8) is 0 Å². The lowest BCUT2D eigenvalue weighted by atomic mass is 10.2. The molecule has 2 N–H and O–H groups in total. The van der Waals surface area contributed by atoms with E-state index in [1.807, 2.05) is 32.0 Å². The van der Waals surface area contributed by atoms with Gasteiger partial charge in [-0.05, 0) is 37.6 Å². The number of carbonyl (C=O) groups is 1. The number of aryl methyl sites for hydroxylation is 2. The molecule has 2 aromatic rings. The van der Waals surface area contributed by atoms with Gasteiger partial charge in [-0.15, -0.1) is 0 Å². The highest BCUT2D eigenvalue weighted by atomic mass is 32.2. The quantitative estimate of drug-likeness (QED) is 0.656. The van der Waals surface area contributed by atoms with E-state index in [1.54, 1.807) is 18.9 Å². The number of ether oxygens (including phenoxy) is 1. The highest BCUT2D eigenvalue weighted by Crippen LogP contribution is 2.21. The molecule has 0 fully saturated rings.